The summed E-state index contributed by atoms with van der Waals surface area (Å²) in [6, 6.07) is 8.74. The molecule has 106 valence electrons. The summed E-state index contributed by atoms with van der Waals surface area (Å²) in [5.41, 5.74) is 1.00. The second kappa shape index (κ2) is 6.15. The average Bonchev–Trinajstić information content (AvgIpc) is 2.42. The molecule has 1 saturated heterocycles. The van der Waals surface area contributed by atoms with Crippen LogP contribution in [0.2, 0.25) is 0 Å². The summed E-state index contributed by atoms with van der Waals surface area (Å²) in [7, 11) is 0. The van der Waals surface area contributed by atoms with Crippen LogP contribution in [0.3, 0.4) is 0 Å². The molecule has 4 amide bonds. The molecule has 0 bridgehead atoms. The third kappa shape index (κ3) is 3.23. The number of ether oxygens (including phenoxy) is 1. The Hall–Kier alpha value is -1.73. The minimum absolute atomic E-state index is 0.130. The van der Waals surface area contributed by atoms with Gasteiger partial charge in [-0.05, 0) is 5.56 Å². The van der Waals surface area contributed by atoms with Gasteiger partial charge in [0.25, 0.3) is 11.8 Å². The molecule has 0 unspecified atom stereocenters. The van der Waals surface area contributed by atoms with Crippen LogP contribution in [0.25, 0.3) is 0 Å². The quantitative estimate of drug-likeness (QED) is 0.477. The van der Waals surface area contributed by atoms with Gasteiger partial charge in [0.15, 0.2) is 4.32 Å². The Morgan fingerprint density at radius 1 is 1.05 bits per heavy atom. The lowest BCUT2D eigenvalue weighted by Gasteiger charge is -2.28. The Kier molecular flexibility index (Phi) is 4.51. The van der Waals surface area contributed by atoms with Gasteiger partial charge in [0, 0.05) is 13.0 Å². The fourth-order valence-corrected chi connectivity index (χ4v) is 2.10. The van der Waals surface area contributed by atoms with Gasteiger partial charge < -0.3 is 4.74 Å². The van der Waals surface area contributed by atoms with Gasteiger partial charge in [0.05, 0.1) is 6.61 Å². The first-order valence-corrected chi connectivity index (χ1v) is 6.79. The molecular formula is C13H13BrN2O4. The van der Waals surface area contributed by atoms with Crippen molar-refractivity contribution in [3.8, 4) is 0 Å². The zero-order valence-corrected chi connectivity index (χ0v) is 12.1. The van der Waals surface area contributed by atoms with Crippen LogP contribution in [0.4, 0.5) is 4.79 Å². The van der Waals surface area contributed by atoms with Crippen molar-refractivity contribution in [1.82, 2.24) is 10.6 Å². The van der Waals surface area contributed by atoms with Crippen molar-refractivity contribution in [2.45, 2.75) is 17.4 Å². The molecule has 0 spiro atoms. The van der Waals surface area contributed by atoms with Crippen molar-refractivity contribution in [3.63, 3.8) is 0 Å². The molecule has 7 heteroatoms. The highest BCUT2D eigenvalue weighted by Gasteiger charge is 2.47. The van der Waals surface area contributed by atoms with E-state index in [2.05, 4.69) is 15.9 Å². The summed E-state index contributed by atoms with van der Waals surface area (Å²) in [5, 5.41) is 4.09. The van der Waals surface area contributed by atoms with Crippen molar-refractivity contribution in [2.75, 3.05) is 6.61 Å². The molecule has 0 atom stereocenters. The van der Waals surface area contributed by atoms with Gasteiger partial charge in [-0.3, -0.25) is 20.2 Å². The van der Waals surface area contributed by atoms with E-state index in [0.717, 1.165) is 5.56 Å². The van der Waals surface area contributed by atoms with Gasteiger partial charge >= 0.3 is 6.03 Å². The molecule has 1 aromatic rings. The number of imide groups is 2. The van der Waals surface area contributed by atoms with E-state index in [1.165, 1.54) is 0 Å². The maximum atomic E-state index is 11.7. The SMILES string of the molecule is O=C1NC(=O)C(Br)(CCOCc2ccccc2)C(=O)N1. The second-order valence-corrected chi connectivity index (χ2v) is 5.68. The van der Waals surface area contributed by atoms with E-state index in [1.54, 1.807) is 0 Å². The number of nitrogens with one attached hydrogen (secondary N) is 2. The van der Waals surface area contributed by atoms with Crippen molar-refractivity contribution < 1.29 is 19.1 Å². The minimum atomic E-state index is -1.46. The van der Waals surface area contributed by atoms with Gasteiger partial charge in [-0.1, -0.05) is 46.3 Å². The molecule has 0 radical (unpaired) electrons. The molecule has 1 aliphatic rings. The van der Waals surface area contributed by atoms with Gasteiger partial charge in [0.2, 0.25) is 0 Å². The number of rotatable bonds is 5. The van der Waals surface area contributed by atoms with Gasteiger partial charge in [-0.2, -0.15) is 0 Å². The number of urea groups is 1. The standard InChI is InChI=1S/C13H13BrN2O4/c14-13(10(17)15-12(19)16-11(13)18)6-7-20-8-9-4-2-1-3-5-9/h1-5H,6-8H2,(H2,15,16,17,18,19). The first-order valence-electron chi connectivity index (χ1n) is 6.00. The lowest BCUT2D eigenvalue weighted by molar-refractivity contribution is -0.134. The first kappa shape index (κ1) is 14.7. The Labute approximate surface area is 124 Å². The van der Waals surface area contributed by atoms with Crippen LogP contribution in [0.1, 0.15) is 12.0 Å². The molecule has 1 fully saturated rings. The third-order valence-electron chi connectivity index (χ3n) is 2.88. The Morgan fingerprint density at radius 3 is 2.25 bits per heavy atom. The maximum absolute atomic E-state index is 11.7. The molecule has 2 rings (SSSR count). The number of hydrogen-bond donors (Lipinski definition) is 2. The number of amides is 4. The van der Waals surface area contributed by atoms with Crippen molar-refractivity contribution in [3.05, 3.63) is 35.9 Å². The third-order valence-corrected chi connectivity index (χ3v) is 3.99. The predicted molar refractivity (Wildman–Crippen MR) is 74.1 cm³/mol. The van der Waals surface area contributed by atoms with Crippen LogP contribution in [0, 0.1) is 0 Å². The average molecular weight is 341 g/mol. The van der Waals surface area contributed by atoms with Crippen molar-refractivity contribution in [2.24, 2.45) is 0 Å². The summed E-state index contributed by atoms with van der Waals surface area (Å²) in [6.45, 7) is 0.598. The number of alkyl halides is 1. The van der Waals surface area contributed by atoms with Crippen LogP contribution < -0.4 is 10.6 Å². The Morgan fingerprint density at radius 2 is 1.65 bits per heavy atom. The van der Waals surface area contributed by atoms with Crippen LogP contribution in [0.5, 0.6) is 0 Å². The van der Waals surface area contributed by atoms with E-state index in [1.807, 2.05) is 41.0 Å². The summed E-state index contributed by atoms with van der Waals surface area (Å²) >= 11 is 3.08. The molecule has 1 aliphatic heterocycles. The van der Waals surface area contributed by atoms with E-state index in [9.17, 15) is 14.4 Å². The lowest BCUT2D eigenvalue weighted by Crippen LogP contribution is -2.64. The van der Waals surface area contributed by atoms with Crippen molar-refractivity contribution >= 4 is 33.8 Å². The lowest BCUT2D eigenvalue weighted by atomic mass is 10.0. The zero-order chi connectivity index (χ0) is 14.6. The van der Waals surface area contributed by atoms with E-state index >= 15 is 0 Å². The van der Waals surface area contributed by atoms with Crippen molar-refractivity contribution in [1.29, 1.82) is 0 Å². The molecule has 0 aliphatic carbocycles. The van der Waals surface area contributed by atoms with E-state index in [0.29, 0.717) is 6.61 Å². The summed E-state index contributed by atoms with van der Waals surface area (Å²) in [4.78, 5) is 34.4. The fourth-order valence-electron chi connectivity index (χ4n) is 1.74. The highest BCUT2D eigenvalue weighted by atomic mass is 79.9. The number of carbonyl (C=O) groups excluding carboxylic acids is 3. The molecule has 2 N–H and O–H groups in total. The molecular weight excluding hydrogens is 328 g/mol. The summed E-state index contributed by atoms with van der Waals surface area (Å²) in [6.07, 6.45) is 0.130. The van der Waals surface area contributed by atoms with Gasteiger partial charge in [-0.15, -0.1) is 0 Å². The van der Waals surface area contributed by atoms with Crippen LogP contribution >= 0.6 is 15.9 Å². The second-order valence-electron chi connectivity index (χ2n) is 4.33. The topological polar surface area (TPSA) is 84.5 Å². The molecule has 1 heterocycles. The van der Waals surface area contributed by atoms with Gasteiger partial charge in [0.1, 0.15) is 0 Å². The molecule has 0 saturated carbocycles. The summed E-state index contributed by atoms with van der Waals surface area (Å²) in [5.74, 6) is -1.34. The normalized spacial score (nSPS) is 17.6. The fraction of sp³-hybridized carbons (Fsp3) is 0.308. The number of halogens is 1. The van der Waals surface area contributed by atoms with E-state index in [4.69, 9.17) is 4.74 Å². The summed E-state index contributed by atoms with van der Waals surface area (Å²) < 4.78 is 3.98. The number of hydrogen-bond acceptors (Lipinski definition) is 4. The maximum Gasteiger partial charge on any atom is 0.328 e. The predicted octanol–water partition coefficient (Wildman–Crippen LogP) is 1.09. The van der Waals surface area contributed by atoms with E-state index < -0.39 is 22.2 Å². The first-order chi connectivity index (χ1) is 9.52. The molecule has 0 aromatic heterocycles. The van der Waals surface area contributed by atoms with E-state index in [-0.39, 0.29) is 13.0 Å². The van der Waals surface area contributed by atoms with Crippen LogP contribution in [-0.2, 0) is 20.9 Å². The zero-order valence-electron chi connectivity index (χ0n) is 10.5. The molecule has 20 heavy (non-hydrogen) atoms. The number of carbonyl (C=O) groups is 3. The highest BCUT2D eigenvalue weighted by molar-refractivity contribution is 9.10. The Balaban J connectivity index is 1.85. The highest BCUT2D eigenvalue weighted by Crippen LogP contribution is 2.25. The largest absolute Gasteiger partial charge is 0.377 e. The van der Waals surface area contributed by atoms with Gasteiger partial charge in [-0.25, -0.2) is 4.79 Å². The van der Waals surface area contributed by atoms with Crippen LogP contribution in [-0.4, -0.2) is 28.8 Å². The molecule has 1 aromatic carbocycles. The monoisotopic (exact) mass is 340 g/mol. The Bertz CT molecular complexity index is 512. The number of barbiturate groups is 1. The number of benzene rings is 1. The smallest absolute Gasteiger partial charge is 0.328 e. The minimum Gasteiger partial charge on any atom is -0.377 e. The molecule has 6 nitrogen and oxygen atoms in total. The van der Waals surface area contributed by atoms with Crippen LogP contribution in [0.15, 0.2) is 30.3 Å².